The van der Waals surface area contributed by atoms with E-state index in [-0.39, 0.29) is 0 Å². The van der Waals surface area contributed by atoms with Gasteiger partial charge in [0.05, 0.1) is 4.90 Å². The molecule has 1 saturated heterocycles. The number of pyridine rings is 1. The Hall–Kier alpha value is -2.65. The summed E-state index contributed by atoms with van der Waals surface area (Å²) in [4.78, 5) is 13.9. The van der Waals surface area contributed by atoms with Gasteiger partial charge in [-0.25, -0.2) is 13.4 Å². The number of nitrogens with one attached hydrogen (secondary N) is 2. The molecule has 31 heavy (non-hydrogen) atoms. The van der Waals surface area contributed by atoms with Crippen molar-refractivity contribution >= 4 is 21.6 Å². The van der Waals surface area contributed by atoms with E-state index in [2.05, 4.69) is 43.5 Å². The summed E-state index contributed by atoms with van der Waals surface area (Å²) < 4.78 is 23.1. The molecule has 2 N–H and O–H groups in total. The van der Waals surface area contributed by atoms with Crippen molar-refractivity contribution in [3.63, 3.8) is 0 Å². The summed E-state index contributed by atoms with van der Waals surface area (Å²) in [6.07, 6.45) is 3.83. The highest BCUT2D eigenvalue weighted by molar-refractivity contribution is 7.90. The number of nitrogens with zero attached hydrogens (tertiary/aromatic N) is 4. The SMILES string of the molecule is CN=C(NCCc1ccc(S(C)(=O)=O)cc1)NCc1cccnc1N1CCN(C)CC1. The van der Waals surface area contributed by atoms with Crippen molar-refractivity contribution < 1.29 is 8.42 Å². The molecule has 2 heterocycles. The lowest BCUT2D eigenvalue weighted by molar-refractivity contribution is 0.312. The molecule has 0 spiro atoms. The lowest BCUT2D eigenvalue weighted by Gasteiger charge is -2.34. The molecule has 0 bridgehead atoms. The van der Waals surface area contributed by atoms with Gasteiger partial charge in [0.2, 0.25) is 0 Å². The minimum absolute atomic E-state index is 0.342. The van der Waals surface area contributed by atoms with Gasteiger partial charge < -0.3 is 20.4 Å². The van der Waals surface area contributed by atoms with E-state index in [0.717, 1.165) is 55.5 Å². The Morgan fingerprint density at radius 1 is 1.10 bits per heavy atom. The Labute approximate surface area is 185 Å². The van der Waals surface area contributed by atoms with Crippen LogP contribution in [0.3, 0.4) is 0 Å². The number of aromatic nitrogens is 1. The maximum absolute atomic E-state index is 11.6. The monoisotopic (exact) mass is 444 g/mol. The first-order chi connectivity index (χ1) is 14.9. The van der Waals surface area contributed by atoms with Crippen LogP contribution in [0.5, 0.6) is 0 Å². The fourth-order valence-corrected chi connectivity index (χ4v) is 4.13. The predicted octanol–water partition coefficient (Wildman–Crippen LogP) is 1.14. The quantitative estimate of drug-likeness (QED) is 0.489. The summed E-state index contributed by atoms with van der Waals surface area (Å²) in [5.74, 6) is 1.76. The maximum atomic E-state index is 11.6. The number of guanidine groups is 1. The van der Waals surface area contributed by atoms with Gasteiger partial charge in [0.1, 0.15) is 5.82 Å². The highest BCUT2D eigenvalue weighted by Crippen LogP contribution is 2.18. The van der Waals surface area contributed by atoms with Gasteiger partial charge in [0.25, 0.3) is 0 Å². The smallest absolute Gasteiger partial charge is 0.191 e. The van der Waals surface area contributed by atoms with E-state index >= 15 is 0 Å². The normalized spacial score (nSPS) is 15.7. The summed E-state index contributed by atoms with van der Waals surface area (Å²) >= 11 is 0. The van der Waals surface area contributed by atoms with E-state index < -0.39 is 9.84 Å². The van der Waals surface area contributed by atoms with Crippen molar-refractivity contribution in [3.05, 3.63) is 53.7 Å². The van der Waals surface area contributed by atoms with Crippen LogP contribution >= 0.6 is 0 Å². The molecular formula is C22H32N6O2S. The Kier molecular flexibility index (Phi) is 7.86. The summed E-state index contributed by atoms with van der Waals surface area (Å²) in [7, 11) is 0.736. The summed E-state index contributed by atoms with van der Waals surface area (Å²) in [6.45, 7) is 5.36. The Bertz CT molecular complexity index is 983. The van der Waals surface area contributed by atoms with Gasteiger partial charge in [-0.2, -0.15) is 0 Å². The Morgan fingerprint density at radius 3 is 2.45 bits per heavy atom. The molecule has 1 aromatic carbocycles. The van der Waals surface area contributed by atoms with Crippen LogP contribution in [0.1, 0.15) is 11.1 Å². The molecule has 0 aliphatic carbocycles. The van der Waals surface area contributed by atoms with Crippen molar-refractivity contribution in [1.82, 2.24) is 20.5 Å². The molecule has 3 rings (SSSR count). The molecule has 0 saturated carbocycles. The first-order valence-corrected chi connectivity index (χ1v) is 12.4. The molecule has 2 aromatic rings. The fraction of sp³-hybridized carbons (Fsp3) is 0.455. The van der Waals surface area contributed by atoms with Gasteiger partial charge in [-0.1, -0.05) is 18.2 Å². The van der Waals surface area contributed by atoms with Gasteiger partial charge in [0.15, 0.2) is 15.8 Å². The number of piperazine rings is 1. The second kappa shape index (κ2) is 10.6. The topological polar surface area (TPSA) is 89.9 Å². The molecule has 1 aliphatic heterocycles. The molecule has 8 nitrogen and oxygen atoms in total. The van der Waals surface area contributed by atoms with Gasteiger partial charge >= 0.3 is 0 Å². The van der Waals surface area contributed by atoms with E-state index in [1.165, 1.54) is 6.26 Å². The number of benzene rings is 1. The van der Waals surface area contributed by atoms with Crippen LogP contribution in [0.2, 0.25) is 0 Å². The number of anilines is 1. The number of sulfone groups is 1. The first-order valence-electron chi connectivity index (χ1n) is 10.5. The van der Waals surface area contributed by atoms with Gasteiger partial charge in [-0.3, -0.25) is 4.99 Å². The van der Waals surface area contributed by atoms with E-state index in [4.69, 9.17) is 0 Å². The maximum Gasteiger partial charge on any atom is 0.191 e. The van der Waals surface area contributed by atoms with Crippen molar-refractivity contribution in [2.45, 2.75) is 17.9 Å². The van der Waals surface area contributed by atoms with Gasteiger partial charge in [0, 0.05) is 64.3 Å². The molecule has 1 fully saturated rings. The van der Waals surface area contributed by atoms with E-state index in [0.29, 0.717) is 18.0 Å². The number of aliphatic imine (C=N–C) groups is 1. The molecule has 0 amide bonds. The van der Waals surface area contributed by atoms with Crippen molar-refractivity contribution in [3.8, 4) is 0 Å². The van der Waals surface area contributed by atoms with Crippen molar-refractivity contribution in [1.29, 1.82) is 0 Å². The fourth-order valence-electron chi connectivity index (χ4n) is 3.50. The molecule has 1 aliphatic rings. The average Bonchev–Trinajstić information content (AvgIpc) is 2.76. The number of rotatable bonds is 7. The van der Waals surface area contributed by atoms with Gasteiger partial charge in [-0.15, -0.1) is 0 Å². The predicted molar refractivity (Wildman–Crippen MR) is 125 cm³/mol. The second-order valence-electron chi connectivity index (χ2n) is 7.80. The van der Waals surface area contributed by atoms with Crippen LogP contribution in [0.15, 0.2) is 52.5 Å². The number of likely N-dealkylation sites (N-methyl/N-ethyl adjacent to an activating group) is 1. The van der Waals surface area contributed by atoms with Crippen LogP contribution in [-0.2, 0) is 22.8 Å². The Morgan fingerprint density at radius 2 is 1.81 bits per heavy atom. The molecule has 0 atom stereocenters. The summed E-state index contributed by atoms with van der Waals surface area (Å²) in [5, 5.41) is 6.69. The van der Waals surface area contributed by atoms with Crippen molar-refractivity contribution in [2.75, 3.05) is 58.0 Å². The van der Waals surface area contributed by atoms with Crippen LogP contribution in [0.4, 0.5) is 5.82 Å². The summed E-state index contributed by atoms with van der Waals surface area (Å²) in [5.41, 5.74) is 2.21. The minimum Gasteiger partial charge on any atom is -0.356 e. The van der Waals surface area contributed by atoms with Crippen LogP contribution in [-0.4, -0.2) is 77.3 Å². The third kappa shape index (κ3) is 6.67. The van der Waals surface area contributed by atoms with E-state index in [1.807, 2.05) is 24.4 Å². The molecule has 168 valence electrons. The molecule has 9 heteroatoms. The largest absolute Gasteiger partial charge is 0.356 e. The third-order valence-corrected chi connectivity index (χ3v) is 6.53. The van der Waals surface area contributed by atoms with Gasteiger partial charge in [-0.05, 0) is 37.2 Å². The second-order valence-corrected chi connectivity index (χ2v) is 9.81. The van der Waals surface area contributed by atoms with Crippen LogP contribution in [0.25, 0.3) is 0 Å². The molecule has 0 radical (unpaired) electrons. The highest BCUT2D eigenvalue weighted by atomic mass is 32.2. The zero-order valence-electron chi connectivity index (χ0n) is 18.5. The highest BCUT2D eigenvalue weighted by Gasteiger charge is 2.18. The lowest BCUT2D eigenvalue weighted by atomic mass is 10.1. The van der Waals surface area contributed by atoms with E-state index in [9.17, 15) is 8.42 Å². The first kappa shape index (κ1) is 23.0. The van der Waals surface area contributed by atoms with Crippen LogP contribution in [0, 0.1) is 0 Å². The zero-order valence-corrected chi connectivity index (χ0v) is 19.3. The number of hydrogen-bond donors (Lipinski definition) is 2. The van der Waals surface area contributed by atoms with Crippen molar-refractivity contribution in [2.24, 2.45) is 4.99 Å². The number of hydrogen-bond acceptors (Lipinski definition) is 6. The zero-order chi connectivity index (χ0) is 22.3. The molecule has 0 unspecified atom stereocenters. The minimum atomic E-state index is -3.16. The standard InChI is InChI=1S/C22H32N6O2S/c1-23-22(25-12-10-18-6-8-20(9-7-18)31(3,29)30)26-17-19-5-4-11-24-21(19)28-15-13-27(2)14-16-28/h4-9,11H,10,12-17H2,1-3H3,(H2,23,25,26). The Balaban J connectivity index is 1.51. The third-order valence-electron chi connectivity index (χ3n) is 5.40. The lowest BCUT2D eigenvalue weighted by Crippen LogP contribution is -2.45. The summed E-state index contributed by atoms with van der Waals surface area (Å²) in [6, 6.07) is 11.1. The van der Waals surface area contributed by atoms with Crippen LogP contribution < -0.4 is 15.5 Å². The van der Waals surface area contributed by atoms with E-state index in [1.54, 1.807) is 19.2 Å². The molecule has 1 aromatic heterocycles. The molecular weight excluding hydrogens is 412 g/mol. The average molecular weight is 445 g/mol.